The van der Waals surface area contributed by atoms with Crippen molar-refractivity contribution in [3.63, 3.8) is 0 Å². The van der Waals surface area contributed by atoms with Gasteiger partial charge in [-0.25, -0.2) is 8.42 Å². The van der Waals surface area contributed by atoms with Crippen molar-refractivity contribution in [2.75, 3.05) is 24.6 Å². The number of thioether (sulfide) groups is 1. The number of hydrogen-bond acceptors (Lipinski definition) is 5. The van der Waals surface area contributed by atoms with Gasteiger partial charge in [-0.05, 0) is 43.3 Å². The van der Waals surface area contributed by atoms with Crippen molar-refractivity contribution < 1.29 is 19.4 Å². The second-order valence-electron chi connectivity index (χ2n) is 5.84. The fraction of sp³-hybridized carbons (Fsp3) is 0.714. The summed E-state index contributed by atoms with van der Waals surface area (Å²) < 4.78 is 26.1. The average Bonchev–Trinajstić information content (AvgIpc) is 3.11. The maximum Gasteiger partial charge on any atom is 0.192 e. The molecule has 4 N–H and O–H groups in total. The van der Waals surface area contributed by atoms with Gasteiger partial charge in [0.2, 0.25) is 0 Å². The van der Waals surface area contributed by atoms with Crippen LogP contribution in [0.2, 0.25) is 0 Å². The van der Waals surface area contributed by atoms with Gasteiger partial charge in [-0.15, -0.1) is 11.3 Å². The number of piperidine rings is 1. The Morgan fingerprint density at radius 2 is 1.86 bits per heavy atom. The molecule has 0 bridgehead atoms. The molecule has 22 heavy (non-hydrogen) atoms. The highest BCUT2D eigenvalue weighted by Crippen LogP contribution is 2.34. The molecule has 3 rings (SSSR count). The zero-order valence-electron chi connectivity index (χ0n) is 12.7. The molecule has 8 heteroatoms. The van der Waals surface area contributed by atoms with E-state index < -0.39 is 9.84 Å². The molecule has 3 heterocycles. The van der Waals surface area contributed by atoms with Gasteiger partial charge < -0.3 is 11.0 Å². The van der Waals surface area contributed by atoms with Gasteiger partial charge in [0.05, 0.1) is 5.25 Å². The highest BCUT2D eigenvalue weighted by Gasteiger charge is 2.42. The molecule has 0 amide bonds. The number of nitrogens with zero attached hydrogens (tertiary/aromatic N) is 1. The highest BCUT2D eigenvalue weighted by molar-refractivity contribution is 8.02. The molecule has 2 fully saturated rings. The fourth-order valence-electron chi connectivity index (χ4n) is 3.10. The Bertz CT molecular complexity index is 538. The molecule has 0 spiro atoms. The Morgan fingerprint density at radius 3 is 2.45 bits per heavy atom. The smallest absolute Gasteiger partial charge is 0.192 e. The molecule has 2 saturated heterocycles. The molecule has 5 nitrogen and oxygen atoms in total. The van der Waals surface area contributed by atoms with Crippen LogP contribution in [-0.2, 0) is 9.84 Å². The van der Waals surface area contributed by atoms with Crippen molar-refractivity contribution in [1.29, 1.82) is 0 Å². The van der Waals surface area contributed by atoms with E-state index in [1.165, 1.54) is 24.2 Å². The fourth-order valence-corrected chi connectivity index (χ4v) is 8.27. The molecule has 0 unspecified atom stereocenters. The predicted octanol–water partition coefficient (Wildman–Crippen LogP) is 1.09. The topological polar surface area (TPSA) is 100 Å². The summed E-state index contributed by atoms with van der Waals surface area (Å²) >= 11 is 3.14. The summed E-state index contributed by atoms with van der Waals surface area (Å²) in [6, 6.07) is 3.79. The Morgan fingerprint density at radius 1 is 1.18 bits per heavy atom. The van der Waals surface area contributed by atoms with Crippen LogP contribution in [-0.4, -0.2) is 60.2 Å². The molecular formula is C14H25NO4S3. The van der Waals surface area contributed by atoms with Gasteiger partial charge in [-0.3, -0.25) is 4.90 Å². The number of sulfone groups is 1. The average molecular weight is 368 g/mol. The van der Waals surface area contributed by atoms with Crippen LogP contribution in [0, 0.1) is 5.92 Å². The lowest BCUT2D eigenvalue weighted by Gasteiger charge is -2.36. The SMILES string of the molecule is CC1CCN([C@H]2CSC[C@@H]2S(=O)(=O)c2cccs2)CC1.O.O. The minimum Gasteiger partial charge on any atom is -0.412 e. The molecule has 0 radical (unpaired) electrons. The second-order valence-corrected chi connectivity index (χ2v) is 10.3. The summed E-state index contributed by atoms with van der Waals surface area (Å²) in [4.78, 5) is 2.43. The third kappa shape index (κ3) is 3.85. The van der Waals surface area contributed by atoms with Crippen LogP contribution in [0.15, 0.2) is 21.7 Å². The van der Waals surface area contributed by atoms with Crippen LogP contribution in [0.5, 0.6) is 0 Å². The normalized spacial score (nSPS) is 27.1. The number of hydrogen-bond donors (Lipinski definition) is 0. The van der Waals surface area contributed by atoms with Crippen molar-refractivity contribution in [3.05, 3.63) is 17.5 Å². The molecule has 0 aliphatic carbocycles. The molecule has 0 saturated carbocycles. The van der Waals surface area contributed by atoms with E-state index in [9.17, 15) is 8.42 Å². The Labute approximate surface area is 140 Å². The van der Waals surface area contributed by atoms with Crippen molar-refractivity contribution >= 4 is 32.9 Å². The minimum atomic E-state index is -3.15. The van der Waals surface area contributed by atoms with E-state index in [1.54, 1.807) is 17.8 Å². The van der Waals surface area contributed by atoms with E-state index in [0.717, 1.165) is 30.5 Å². The number of thiophene rings is 1. The van der Waals surface area contributed by atoms with Gasteiger partial charge in [0.25, 0.3) is 0 Å². The van der Waals surface area contributed by atoms with Crippen molar-refractivity contribution in [3.8, 4) is 0 Å². The van der Waals surface area contributed by atoms with Crippen molar-refractivity contribution in [2.45, 2.75) is 35.3 Å². The van der Waals surface area contributed by atoms with Crippen LogP contribution < -0.4 is 0 Å². The van der Waals surface area contributed by atoms with Gasteiger partial charge in [-0.1, -0.05) is 13.0 Å². The summed E-state index contributed by atoms with van der Waals surface area (Å²) in [6.45, 7) is 4.41. The predicted molar refractivity (Wildman–Crippen MR) is 93.6 cm³/mol. The lowest BCUT2D eigenvalue weighted by Crippen LogP contribution is -2.49. The third-order valence-electron chi connectivity index (χ3n) is 4.46. The largest absolute Gasteiger partial charge is 0.412 e. The Balaban J connectivity index is 0.00000121. The van der Waals surface area contributed by atoms with Crippen LogP contribution in [0.4, 0.5) is 0 Å². The van der Waals surface area contributed by atoms with Crippen LogP contribution in [0.25, 0.3) is 0 Å². The maximum absolute atomic E-state index is 12.8. The molecule has 0 aromatic carbocycles. The van der Waals surface area contributed by atoms with Gasteiger partial charge in [0.15, 0.2) is 9.84 Å². The first-order chi connectivity index (χ1) is 9.59. The van der Waals surface area contributed by atoms with Crippen molar-refractivity contribution in [2.24, 2.45) is 5.92 Å². The highest BCUT2D eigenvalue weighted by atomic mass is 32.2. The van der Waals surface area contributed by atoms with E-state index in [0.29, 0.717) is 4.21 Å². The standard InChI is InChI=1S/C14H21NO2S3.2H2O/c1-11-4-6-15(7-5-11)12-9-18-10-13(12)20(16,17)14-3-2-8-19-14;;/h2-3,8,11-13H,4-7,9-10H2,1H3;2*1H2/t12-,13-;;/m0../s1. The maximum atomic E-state index is 12.8. The van der Waals surface area contributed by atoms with E-state index >= 15 is 0 Å². The first-order valence-electron chi connectivity index (χ1n) is 7.18. The molecule has 1 aromatic heterocycles. The zero-order chi connectivity index (χ0) is 14.2. The number of rotatable bonds is 3. The third-order valence-corrected chi connectivity index (χ3v) is 9.47. The molecule has 128 valence electrons. The summed E-state index contributed by atoms with van der Waals surface area (Å²) in [5.41, 5.74) is 0. The molecule has 2 aliphatic heterocycles. The zero-order valence-corrected chi connectivity index (χ0v) is 15.1. The monoisotopic (exact) mass is 367 g/mol. The van der Waals surface area contributed by atoms with Crippen LogP contribution in [0.1, 0.15) is 19.8 Å². The molecular weight excluding hydrogens is 342 g/mol. The second kappa shape index (κ2) is 8.12. The van der Waals surface area contributed by atoms with Gasteiger partial charge >= 0.3 is 0 Å². The summed E-state index contributed by atoms with van der Waals surface area (Å²) in [6.07, 6.45) is 2.40. The van der Waals surface area contributed by atoms with E-state index in [2.05, 4.69) is 11.8 Å². The summed E-state index contributed by atoms with van der Waals surface area (Å²) in [5, 5.41) is 1.63. The number of likely N-dealkylation sites (tertiary alicyclic amines) is 1. The van der Waals surface area contributed by atoms with E-state index in [1.807, 2.05) is 11.4 Å². The lowest BCUT2D eigenvalue weighted by atomic mass is 9.98. The van der Waals surface area contributed by atoms with Gasteiger partial charge in [-0.2, -0.15) is 11.8 Å². The van der Waals surface area contributed by atoms with E-state index in [-0.39, 0.29) is 22.2 Å². The molecule has 1 aromatic rings. The summed E-state index contributed by atoms with van der Waals surface area (Å²) in [5.74, 6) is 2.49. The first-order valence-corrected chi connectivity index (χ1v) is 10.8. The minimum absolute atomic E-state index is 0. The molecule has 2 aliphatic rings. The van der Waals surface area contributed by atoms with Gasteiger partial charge in [0.1, 0.15) is 4.21 Å². The first kappa shape index (κ1) is 19.9. The summed E-state index contributed by atoms with van der Waals surface area (Å²) in [7, 11) is -3.15. The Kier molecular flexibility index (Phi) is 7.35. The molecule has 2 atom stereocenters. The van der Waals surface area contributed by atoms with Crippen molar-refractivity contribution in [1.82, 2.24) is 4.90 Å². The Hall–Kier alpha value is -0.120. The quantitative estimate of drug-likeness (QED) is 0.798. The lowest BCUT2D eigenvalue weighted by molar-refractivity contribution is 0.151. The van der Waals surface area contributed by atoms with Crippen LogP contribution in [0.3, 0.4) is 0 Å². The van der Waals surface area contributed by atoms with Crippen LogP contribution >= 0.6 is 23.1 Å². The van der Waals surface area contributed by atoms with Gasteiger partial charge in [0, 0.05) is 17.5 Å². The van der Waals surface area contributed by atoms with E-state index in [4.69, 9.17) is 0 Å².